The second kappa shape index (κ2) is 6.64. The normalized spacial score (nSPS) is 24.6. The van der Waals surface area contributed by atoms with Crippen LogP contribution in [0, 0.1) is 0 Å². The van der Waals surface area contributed by atoms with E-state index in [1.54, 1.807) is 24.4 Å². The Hall–Kier alpha value is -1.97. The Balaban J connectivity index is 1.47. The number of hydrogen-bond donors (Lipinski definition) is 3. The SMILES string of the molecule is CS(=O)(=O)Nc1cccc(-c2ncc(C(=O)N[C@@H]3C[C@H]4CC[C@@H]3N4)s2)c1. The van der Waals surface area contributed by atoms with E-state index in [0.717, 1.165) is 24.7 Å². The molecule has 26 heavy (non-hydrogen) atoms. The van der Waals surface area contributed by atoms with E-state index in [1.807, 2.05) is 6.07 Å². The van der Waals surface area contributed by atoms with Crippen molar-refractivity contribution in [2.75, 3.05) is 11.0 Å². The van der Waals surface area contributed by atoms with Crippen LogP contribution in [0.4, 0.5) is 5.69 Å². The van der Waals surface area contributed by atoms with Crippen molar-refractivity contribution < 1.29 is 13.2 Å². The van der Waals surface area contributed by atoms with Gasteiger partial charge < -0.3 is 10.6 Å². The van der Waals surface area contributed by atoms with Crippen LogP contribution >= 0.6 is 11.3 Å². The average molecular weight is 393 g/mol. The van der Waals surface area contributed by atoms with Crippen molar-refractivity contribution in [2.24, 2.45) is 0 Å². The maximum absolute atomic E-state index is 12.5. The van der Waals surface area contributed by atoms with Gasteiger partial charge in [0.2, 0.25) is 10.0 Å². The molecule has 0 radical (unpaired) electrons. The van der Waals surface area contributed by atoms with Gasteiger partial charge in [-0.3, -0.25) is 9.52 Å². The number of hydrogen-bond acceptors (Lipinski definition) is 6. The molecule has 3 heterocycles. The highest BCUT2D eigenvalue weighted by Crippen LogP contribution is 2.30. The number of amides is 1. The quantitative estimate of drug-likeness (QED) is 0.720. The van der Waals surface area contributed by atoms with Crippen LogP contribution in [0.25, 0.3) is 10.6 Å². The lowest BCUT2D eigenvalue weighted by Crippen LogP contribution is -2.42. The minimum atomic E-state index is -3.34. The van der Waals surface area contributed by atoms with E-state index in [2.05, 4.69) is 20.3 Å². The number of anilines is 1. The van der Waals surface area contributed by atoms with Gasteiger partial charge >= 0.3 is 0 Å². The highest BCUT2D eigenvalue weighted by molar-refractivity contribution is 7.92. The number of carbonyl (C=O) groups is 1. The number of rotatable bonds is 5. The summed E-state index contributed by atoms with van der Waals surface area (Å²) in [6.07, 6.45) is 5.98. The van der Waals surface area contributed by atoms with Crippen molar-refractivity contribution in [3.63, 3.8) is 0 Å². The molecule has 4 rings (SSSR count). The topological polar surface area (TPSA) is 100 Å². The van der Waals surface area contributed by atoms with Crippen molar-refractivity contribution in [3.8, 4) is 10.6 Å². The molecule has 7 nitrogen and oxygen atoms in total. The number of aromatic nitrogens is 1. The van der Waals surface area contributed by atoms with E-state index in [9.17, 15) is 13.2 Å². The maximum Gasteiger partial charge on any atom is 0.263 e. The van der Waals surface area contributed by atoms with Crippen LogP contribution in [0.3, 0.4) is 0 Å². The summed E-state index contributed by atoms with van der Waals surface area (Å²) in [5, 5.41) is 7.30. The Bertz CT molecular complexity index is 941. The van der Waals surface area contributed by atoms with Gasteiger partial charge in [-0.05, 0) is 31.4 Å². The zero-order valence-corrected chi connectivity index (χ0v) is 15.9. The molecule has 0 spiro atoms. The minimum absolute atomic E-state index is 0.0986. The van der Waals surface area contributed by atoms with Gasteiger partial charge in [-0.2, -0.15) is 0 Å². The smallest absolute Gasteiger partial charge is 0.263 e. The van der Waals surface area contributed by atoms with E-state index in [0.29, 0.717) is 27.7 Å². The molecule has 2 saturated heterocycles. The molecule has 0 saturated carbocycles. The first-order valence-corrected chi connectivity index (χ1v) is 11.2. The van der Waals surface area contributed by atoms with Crippen molar-refractivity contribution in [3.05, 3.63) is 35.3 Å². The van der Waals surface area contributed by atoms with Crippen LogP contribution in [0.1, 0.15) is 28.9 Å². The van der Waals surface area contributed by atoms with E-state index in [4.69, 9.17) is 0 Å². The number of nitrogens with one attached hydrogen (secondary N) is 3. The van der Waals surface area contributed by atoms with Gasteiger partial charge in [0, 0.05) is 29.4 Å². The number of thiazole rings is 1. The van der Waals surface area contributed by atoms with Crippen LogP contribution in [0.5, 0.6) is 0 Å². The molecule has 1 amide bonds. The lowest BCUT2D eigenvalue weighted by molar-refractivity contribution is 0.0935. The van der Waals surface area contributed by atoms with Gasteiger partial charge in [0.15, 0.2) is 0 Å². The first-order chi connectivity index (χ1) is 12.4. The fourth-order valence-corrected chi connectivity index (χ4v) is 5.04. The zero-order chi connectivity index (χ0) is 18.3. The molecule has 0 unspecified atom stereocenters. The number of sulfonamides is 1. The van der Waals surface area contributed by atoms with Gasteiger partial charge in [0.05, 0.1) is 12.5 Å². The van der Waals surface area contributed by atoms with Crippen LogP contribution in [0.2, 0.25) is 0 Å². The van der Waals surface area contributed by atoms with Crippen molar-refractivity contribution >= 4 is 33.0 Å². The third kappa shape index (κ3) is 3.74. The summed E-state index contributed by atoms with van der Waals surface area (Å²) in [6.45, 7) is 0. The number of fused-ring (bicyclic) bond motifs is 2. The second-order valence-corrected chi connectivity index (χ2v) is 9.63. The Labute approximate surface area is 156 Å². The molecule has 2 aliphatic rings. The third-order valence-corrected chi connectivity index (χ3v) is 6.41. The Kier molecular flexibility index (Phi) is 4.45. The molecule has 2 aliphatic heterocycles. The van der Waals surface area contributed by atoms with E-state index < -0.39 is 10.0 Å². The van der Waals surface area contributed by atoms with Gasteiger partial charge in [-0.25, -0.2) is 13.4 Å². The Morgan fingerprint density at radius 3 is 2.88 bits per heavy atom. The summed E-state index contributed by atoms with van der Waals surface area (Å²) < 4.78 is 25.2. The van der Waals surface area contributed by atoms with E-state index in [-0.39, 0.29) is 11.9 Å². The van der Waals surface area contributed by atoms with Gasteiger partial charge in [0.1, 0.15) is 9.88 Å². The van der Waals surface area contributed by atoms with Gasteiger partial charge in [-0.1, -0.05) is 12.1 Å². The number of nitrogens with zero attached hydrogens (tertiary/aromatic N) is 1. The van der Waals surface area contributed by atoms with Crippen molar-refractivity contribution in [1.29, 1.82) is 0 Å². The van der Waals surface area contributed by atoms with Gasteiger partial charge in [-0.15, -0.1) is 11.3 Å². The summed E-state index contributed by atoms with van der Waals surface area (Å²) in [7, 11) is -3.34. The minimum Gasteiger partial charge on any atom is -0.347 e. The lowest BCUT2D eigenvalue weighted by atomic mass is 9.95. The zero-order valence-electron chi connectivity index (χ0n) is 14.2. The van der Waals surface area contributed by atoms with E-state index >= 15 is 0 Å². The largest absolute Gasteiger partial charge is 0.347 e. The monoisotopic (exact) mass is 392 g/mol. The Morgan fingerprint density at radius 2 is 2.19 bits per heavy atom. The molecule has 2 aromatic rings. The summed E-state index contributed by atoms with van der Waals surface area (Å²) in [6, 6.07) is 8.09. The van der Waals surface area contributed by atoms with Crippen LogP contribution in [-0.4, -0.2) is 43.7 Å². The third-order valence-electron chi connectivity index (χ3n) is 4.76. The van der Waals surface area contributed by atoms with Crippen molar-refractivity contribution in [2.45, 2.75) is 37.4 Å². The fraction of sp³-hybridized carbons (Fsp3) is 0.412. The molecule has 1 aromatic heterocycles. The maximum atomic E-state index is 12.5. The fourth-order valence-electron chi connectivity index (χ4n) is 3.67. The molecule has 9 heteroatoms. The number of carbonyl (C=O) groups excluding carboxylic acids is 1. The second-order valence-electron chi connectivity index (χ2n) is 6.85. The predicted molar refractivity (Wildman–Crippen MR) is 102 cm³/mol. The van der Waals surface area contributed by atoms with E-state index in [1.165, 1.54) is 17.8 Å². The molecule has 3 atom stereocenters. The highest BCUT2D eigenvalue weighted by Gasteiger charge is 2.39. The van der Waals surface area contributed by atoms with Crippen molar-refractivity contribution in [1.82, 2.24) is 15.6 Å². The lowest BCUT2D eigenvalue weighted by Gasteiger charge is -2.20. The summed E-state index contributed by atoms with van der Waals surface area (Å²) in [5.41, 5.74) is 1.24. The highest BCUT2D eigenvalue weighted by atomic mass is 32.2. The molecule has 3 N–H and O–H groups in total. The molecule has 138 valence electrons. The molecular formula is C17H20N4O3S2. The molecule has 2 fully saturated rings. The summed E-state index contributed by atoms with van der Waals surface area (Å²) in [4.78, 5) is 17.4. The summed E-state index contributed by atoms with van der Waals surface area (Å²) >= 11 is 1.30. The summed E-state index contributed by atoms with van der Waals surface area (Å²) in [5.74, 6) is -0.0986. The first kappa shape index (κ1) is 17.4. The van der Waals surface area contributed by atoms with Crippen LogP contribution in [-0.2, 0) is 10.0 Å². The molecule has 1 aromatic carbocycles. The molecular weight excluding hydrogens is 372 g/mol. The Morgan fingerprint density at radius 1 is 1.35 bits per heavy atom. The standard InChI is InChI=1S/C17H20N4O3S2/c1-26(23,24)21-12-4-2-3-10(7-12)17-18-9-15(25-17)16(22)20-14-8-11-5-6-13(14)19-11/h2-4,7,9,11,13-14,19,21H,5-6,8H2,1H3,(H,20,22)/t11-,13+,14-/m1/s1. The van der Waals surface area contributed by atoms with Gasteiger partial charge in [0.25, 0.3) is 5.91 Å². The molecule has 0 aliphatic carbocycles. The predicted octanol–water partition coefficient (Wildman–Crippen LogP) is 1.80. The van der Waals surface area contributed by atoms with Crippen LogP contribution < -0.4 is 15.4 Å². The first-order valence-electron chi connectivity index (χ1n) is 8.48. The van der Waals surface area contributed by atoms with Crippen LogP contribution in [0.15, 0.2) is 30.5 Å². The number of benzene rings is 1. The molecule has 2 bridgehead atoms. The average Bonchev–Trinajstić information content (AvgIpc) is 3.30.